The lowest BCUT2D eigenvalue weighted by Gasteiger charge is -2.11. The van der Waals surface area contributed by atoms with Crippen molar-refractivity contribution in [3.05, 3.63) is 52.3 Å². The van der Waals surface area contributed by atoms with Gasteiger partial charge < -0.3 is 14.8 Å². The number of benzene rings is 1. The minimum atomic E-state index is -0.610. The molecular formula is C14H13N3O5. The van der Waals surface area contributed by atoms with Gasteiger partial charge in [-0.05, 0) is 12.1 Å². The van der Waals surface area contributed by atoms with E-state index in [0.717, 1.165) is 0 Å². The lowest BCUT2D eigenvalue weighted by Crippen LogP contribution is -2.13. The maximum Gasteiger partial charge on any atom is 0.296 e. The molecular weight excluding hydrogens is 290 g/mol. The molecule has 0 aliphatic carbocycles. The van der Waals surface area contributed by atoms with Crippen LogP contribution in [0.15, 0.2) is 36.7 Å². The molecule has 0 atom stereocenters. The van der Waals surface area contributed by atoms with Crippen molar-refractivity contribution in [3.8, 4) is 11.5 Å². The van der Waals surface area contributed by atoms with Crippen LogP contribution in [0.1, 0.15) is 10.4 Å². The number of nitrogens with one attached hydrogen (secondary N) is 1. The summed E-state index contributed by atoms with van der Waals surface area (Å²) in [6.45, 7) is 0. The zero-order valence-electron chi connectivity index (χ0n) is 11.9. The van der Waals surface area contributed by atoms with E-state index in [9.17, 15) is 14.9 Å². The first-order valence-electron chi connectivity index (χ1n) is 6.18. The predicted molar refractivity (Wildman–Crippen MR) is 78.4 cm³/mol. The van der Waals surface area contributed by atoms with Crippen molar-refractivity contribution >= 4 is 17.3 Å². The van der Waals surface area contributed by atoms with Crippen LogP contribution in [0.3, 0.4) is 0 Å². The van der Waals surface area contributed by atoms with Gasteiger partial charge in [0.15, 0.2) is 11.5 Å². The Labute approximate surface area is 125 Å². The van der Waals surface area contributed by atoms with E-state index < -0.39 is 10.8 Å². The van der Waals surface area contributed by atoms with Crippen molar-refractivity contribution in [2.75, 3.05) is 19.5 Å². The molecule has 0 aliphatic heterocycles. The average Bonchev–Trinajstić information content (AvgIpc) is 2.54. The molecule has 1 aromatic heterocycles. The third-order valence-electron chi connectivity index (χ3n) is 2.87. The Morgan fingerprint density at radius 2 is 1.95 bits per heavy atom. The Hall–Kier alpha value is -3.16. The molecule has 8 heteroatoms. The zero-order valence-corrected chi connectivity index (χ0v) is 11.9. The van der Waals surface area contributed by atoms with Crippen molar-refractivity contribution < 1.29 is 19.2 Å². The molecule has 0 saturated carbocycles. The Morgan fingerprint density at radius 3 is 2.50 bits per heavy atom. The molecule has 2 rings (SSSR count). The van der Waals surface area contributed by atoms with Crippen LogP contribution >= 0.6 is 0 Å². The highest BCUT2D eigenvalue weighted by atomic mass is 16.6. The molecule has 0 radical (unpaired) electrons. The third kappa shape index (κ3) is 3.11. The smallest absolute Gasteiger partial charge is 0.296 e. The molecule has 0 saturated heterocycles. The molecule has 1 N–H and O–H groups in total. The minimum absolute atomic E-state index is 0.0107. The Morgan fingerprint density at radius 1 is 1.27 bits per heavy atom. The number of aromatic nitrogens is 1. The molecule has 2 aromatic rings. The number of carbonyl (C=O) groups excluding carboxylic acids is 1. The Balaban J connectivity index is 2.41. The van der Waals surface area contributed by atoms with E-state index in [1.165, 1.54) is 38.7 Å². The molecule has 1 amide bonds. The van der Waals surface area contributed by atoms with Gasteiger partial charge >= 0.3 is 0 Å². The van der Waals surface area contributed by atoms with Gasteiger partial charge in [-0.25, -0.2) is 0 Å². The summed E-state index contributed by atoms with van der Waals surface area (Å²) in [5.41, 5.74) is -0.00187. The highest BCUT2D eigenvalue weighted by Crippen LogP contribution is 2.37. The van der Waals surface area contributed by atoms with Crippen molar-refractivity contribution in [1.29, 1.82) is 0 Å². The molecule has 0 bridgehead atoms. The molecule has 0 fully saturated rings. The number of carbonyl (C=O) groups is 1. The summed E-state index contributed by atoms with van der Waals surface area (Å²) in [6.07, 6.45) is 2.89. The standard InChI is InChI=1S/C14H13N3O5/c1-21-12-6-10(11(17(19)20)7-13(12)22-2)16-14(18)9-4-3-5-15-8-9/h3-8H,1-2H3,(H,16,18). The molecule has 0 unspecified atom stereocenters. The molecule has 22 heavy (non-hydrogen) atoms. The number of methoxy groups -OCH3 is 2. The van der Waals surface area contributed by atoms with Crippen LogP contribution in [-0.4, -0.2) is 30.0 Å². The van der Waals surface area contributed by atoms with Gasteiger partial charge in [-0.3, -0.25) is 19.9 Å². The second kappa shape index (κ2) is 6.53. The summed E-state index contributed by atoms with van der Waals surface area (Å²) in [7, 11) is 2.77. The van der Waals surface area contributed by atoms with Gasteiger partial charge in [0, 0.05) is 18.5 Å². The monoisotopic (exact) mass is 303 g/mol. The number of anilines is 1. The number of nitrogens with zero attached hydrogens (tertiary/aromatic N) is 2. The summed E-state index contributed by atoms with van der Waals surface area (Å²) in [5.74, 6) is -0.0356. The van der Waals surface area contributed by atoms with Crippen molar-refractivity contribution in [2.24, 2.45) is 0 Å². The van der Waals surface area contributed by atoms with E-state index >= 15 is 0 Å². The summed E-state index contributed by atoms with van der Waals surface area (Å²) in [6, 6.07) is 5.68. The summed E-state index contributed by atoms with van der Waals surface area (Å²) in [4.78, 5) is 26.5. The normalized spacial score (nSPS) is 9.91. The number of amides is 1. The summed E-state index contributed by atoms with van der Waals surface area (Å²) in [5, 5.41) is 13.6. The number of rotatable bonds is 5. The van der Waals surface area contributed by atoms with Gasteiger partial charge in [-0.1, -0.05) is 0 Å². The highest BCUT2D eigenvalue weighted by Gasteiger charge is 2.21. The number of nitro benzene ring substituents is 1. The van der Waals surface area contributed by atoms with E-state index in [4.69, 9.17) is 9.47 Å². The molecule has 0 spiro atoms. The van der Waals surface area contributed by atoms with Crippen molar-refractivity contribution in [2.45, 2.75) is 0 Å². The van der Waals surface area contributed by atoms with Gasteiger partial charge in [0.1, 0.15) is 5.69 Å². The van der Waals surface area contributed by atoms with Crippen LogP contribution in [-0.2, 0) is 0 Å². The van der Waals surface area contributed by atoms with Gasteiger partial charge in [-0.15, -0.1) is 0 Å². The minimum Gasteiger partial charge on any atom is -0.493 e. The van der Waals surface area contributed by atoms with Gasteiger partial charge in [0.2, 0.25) is 0 Å². The zero-order chi connectivity index (χ0) is 16.1. The van der Waals surface area contributed by atoms with Crippen LogP contribution in [0.2, 0.25) is 0 Å². The molecule has 0 aliphatic rings. The maximum absolute atomic E-state index is 12.1. The van der Waals surface area contributed by atoms with Crippen LogP contribution in [0.4, 0.5) is 11.4 Å². The molecule has 1 aromatic carbocycles. The second-order valence-corrected chi connectivity index (χ2v) is 4.18. The van der Waals surface area contributed by atoms with Gasteiger partial charge in [-0.2, -0.15) is 0 Å². The fraction of sp³-hybridized carbons (Fsp3) is 0.143. The van der Waals surface area contributed by atoms with E-state index in [1.807, 2.05) is 0 Å². The predicted octanol–water partition coefficient (Wildman–Crippen LogP) is 2.26. The number of hydrogen-bond acceptors (Lipinski definition) is 6. The van der Waals surface area contributed by atoms with E-state index in [2.05, 4.69) is 10.3 Å². The second-order valence-electron chi connectivity index (χ2n) is 4.18. The topological polar surface area (TPSA) is 104 Å². The number of hydrogen-bond donors (Lipinski definition) is 1. The number of nitro groups is 1. The fourth-order valence-corrected chi connectivity index (χ4v) is 1.81. The Kier molecular flexibility index (Phi) is 4.52. The lowest BCUT2D eigenvalue weighted by atomic mass is 10.2. The van der Waals surface area contributed by atoms with Crippen molar-refractivity contribution in [3.63, 3.8) is 0 Å². The first-order chi connectivity index (χ1) is 10.6. The average molecular weight is 303 g/mol. The van der Waals surface area contributed by atoms with Crippen LogP contribution in [0.25, 0.3) is 0 Å². The van der Waals surface area contributed by atoms with E-state index in [0.29, 0.717) is 0 Å². The van der Waals surface area contributed by atoms with E-state index in [-0.39, 0.29) is 28.4 Å². The largest absolute Gasteiger partial charge is 0.493 e. The van der Waals surface area contributed by atoms with Crippen LogP contribution in [0.5, 0.6) is 11.5 Å². The quantitative estimate of drug-likeness (QED) is 0.671. The first-order valence-corrected chi connectivity index (χ1v) is 6.18. The highest BCUT2D eigenvalue weighted by molar-refractivity contribution is 6.05. The number of pyridine rings is 1. The summed E-state index contributed by atoms with van der Waals surface area (Å²) < 4.78 is 10.1. The van der Waals surface area contributed by atoms with Crippen molar-refractivity contribution in [1.82, 2.24) is 4.98 Å². The Bertz CT molecular complexity index is 703. The fourth-order valence-electron chi connectivity index (χ4n) is 1.81. The third-order valence-corrected chi connectivity index (χ3v) is 2.87. The first kappa shape index (κ1) is 15.2. The molecule has 1 heterocycles. The van der Waals surface area contributed by atoms with Gasteiger partial charge in [0.05, 0.1) is 30.8 Å². The van der Waals surface area contributed by atoms with Crippen LogP contribution < -0.4 is 14.8 Å². The van der Waals surface area contributed by atoms with Crippen LogP contribution in [0, 0.1) is 10.1 Å². The SMILES string of the molecule is COc1cc(NC(=O)c2cccnc2)c([N+](=O)[O-])cc1OC. The van der Waals surface area contributed by atoms with Gasteiger partial charge in [0.25, 0.3) is 11.6 Å². The van der Waals surface area contributed by atoms with E-state index in [1.54, 1.807) is 12.1 Å². The number of ether oxygens (including phenoxy) is 2. The maximum atomic E-state index is 12.1. The lowest BCUT2D eigenvalue weighted by molar-refractivity contribution is -0.384. The summed E-state index contributed by atoms with van der Waals surface area (Å²) >= 11 is 0. The molecule has 8 nitrogen and oxygen atoms in total. The molecule has 114 valence electrons.